The van der Waals surface area contributed by atoms with Crippen LogP contribution in [0.4, 0.5) is 8.78 Å². The van der Waals surface area contributed by atoms with E-state index in [1.165, 1.54) is 6.07 Å². The van der Waals surface area contributed by atoms with Crippen LogP contribution in [0.1, 0.15) is 40.1 Å². The second kappa shape index (κ2) is 8.94. The molecule has 0 saturated carbocycles. The number of carbonyl (C=O) groups is 1. The minimum absolute atomic E-state index is 0.0270. The molecule has 1 N–H and O–H groups in total. The molecule has 1 amide bonds. The lowest BCUT2D eigenvalue weighted by molar-refractivity contribution is 0.0910. The van der Waals surface area contributed by atoms with Gasteiger partial charge in [0.25, 0.3) is 5.91 Å². The smallest absolute Gasteiger partial charge is 0.289 e. The van der Waals surface area contributed by atoms with Crippen LogP contribution in [0.25, 0.3) is 11.4 Å². The number of pyridine rings is 2. The first-order chi connectivity index (χ1) is 16.1. The molecular formula is C23H21ClF2N6O2. The number of amides is 1. The molecule has 4 aromatic rings. The molecule has 4 heterocycles. The number of rotatable bonds is 6. The maximum Gasteiger partial charge on any atom is 0.289 e. The van der Waals surface area contributed by atoms with Gasteiger partial charge in [-0.1, -0.05) is 22.8 Å². The Kier molecular flexibility index (Phi) is 6.18. The standard InChI is InChI=1S/C23H21ClF2N6O2/c1-12-20(13(2)32(4)30-12)23(3,18-6-5-7-19(24)29-18)11-28-22(33)17-9-16(31-34-17)21-15(26)8-14(25)10-27-21/h5-10H,11H2,1-4H3,(H,28,33). The zero-order valence-corrected chi connectivity index (χ0v) is 19.6. The quantitative estimate of drug-likeness (QED) is 0.411. The van der Waals surface area contributed by atoms with E-state index in [1.54, 1.807) is 16.8 Å². The number of nitrogens with one attached hydrogen (secondary N) is 1. The third-order valence-electron chi connectivity index (χ3n) is 5.73. The van der Waals surface area contributed by atoms with Crippen molar-refractivity contribution in [3.63, 3.8) is 0 Å². The predicted molar refractivity (Wildman–Crippen MR) is 120 cm³/mol. The molecule has 1 atom stereocenters. The molecule has 0 aliphatic rings. The van der Waals surface area contributed by atoms with Crippen LogP contribution < -0.4 is 5.32 Å². The molecule has 0 aliphatic heterocycles. The number of nitrogens with zero attached hydrogens (tertiary/aromatic N) is 5. The molecule has 0 radical (unpaired) electrons. The van der Waals surface area contributed by atoms with Crippen LogP contribution in [0, 0.1) is 25.5 Å². The Morgan fingerprint density at radius 1 is 1.26 bits per heavy atom. The van der Waals surface area contributed by atoms with Crippen molar-refractivity contribution in [3.05, 3.63) is 81.7 Å². The first kappa shape index (κ1) is 23.5. The fraction of sp³-hybridized carbons (Fsp3) is 0.261. The fourth-order valence-electron chi connectivity index (χ4n) is 4.04. The summed E-state index contributed by atoms with van der Waals surface area (Å²) in [5.41, 5.74) is 2.22. The molecule has 176 valence electrons. The van der Waals surface area contributed by atoms with Gasteiger partial charge < -0.3 is 9.84 Å². The van der Waals surface area contributed by atoms with Crippen LogP contribution in [-0.4, -0.2) is 37.4 Å². The summed E-state index contributed by atoms with van der Waals surface area (Å²) in [6, 6.07) is 7.22. The number of hydrogen-bond acceptors (Lipinski definition) is 6. The topological polar surface area (TPSA) is 98.7 Å². The van der Waals surface area contributed by atoms with E-state index in [9.17, 15) is 13.6 Å². The van der Waals surface area contributed by atoms with Crippen molar-refractivity contribution in [1.29, 1.82) is 0 Å². The maximum atomic E-state index is 14.0. The number of aromatic nitrogens is 5. The zero-order valence-electron chi connectivity index (χ0n) is 18.9. The number of aryl methyl sites for hydroxylation is 2. The molecule has 0 aliphatic carbocycles. The summed E-state index contributed by atoms with van der Waals surface area (Å²) >= 11 is 6.16. The Balaban J connectivity index is 1.64. The summed E-state index contributed by atoms with van der Waals surface area (Å²) < 4.78 is 34.0. The van der Waals surface area contributed by atoms with E-state index in [0.29, 0.717) is 16.9 Å². The van der Waals surface area contributed by atoms with Crippen molar-refractivity contribution in [2.24, 2.45) is 7.05 Å². The molecule has 0 saturated heterocycles. The summed E-state index contributed by atoms with van der Waals surface area (Å²) in [4.78, 5) is 21.1. The van der Waals surface area contributed by atoms with Crippen LogP contribution >= 0.6 is 11.6 Å². The van der Waals surface area contributed by atoms with Gasteiger partial charge >= 0.3 is 0 Å². The van der Waals surface area contributed by atoms with Crippen LogP contribution in [0.15, 0.2) is 41.1 Å². The highest BCUT2D eigenvalue weighted by molar-refractivity contribution is 6.29. The molecule has 4 rings (SSSR count). The van der Waals surface area contributed by atoms with E-state index in [-0.39, 0.29) is 23.7 Å². The third-order valence-corrected chi connectivity index (χ3v) is 5.94. The molecule has 34 heavy (non-hydrogen) atoms. The number of carbonyl (C=O) groups excluding carboxylic acids is 1. The van der Waals surface area contributed by atoms with Gasteiger partial charge in [0, 0.05) is 37.0 Å². The van der Waals surface area contributed by atoms with Gasteiger partial charge in [-0.15, -0.1) is 0 Å². The molecule has 11 heteroatoms. The second-order valence-electron chi connectivity index (χ2n) is 8.09. The average Bonchev–Trinajstić information content (AvgIpc) is 3.36. The number of hydrogen-bond donors (Lipinski definition) is 1. The van der Waals surface area contributed by atoms with Crippen LogP contribution in [0.2, 0.25) is 5.15 Å². The lowest BCUT2D eigenvalue weighted by Gasteiger charge is -2.30. The van der Waals surface area contributed by atoms with Crippen molar-refractivity contribution in [3.8, 4) is 11.4 Å². The van der Waals surface area contributed by atoms with Gasteiger partial charge in [-0.3, -0.25) is 9.48 Å². The minimum Gasteiger partial charge on any atom is -0.350 e. The van der Waals surface area contributed by atoms with Gasteiger partial charge in [0.2, 0.25) is 5.76 Å². The Hall–Kier alpha value is -3.66. The molecule has 1 unspecified atom stereocenters. The SMILES string of the molecule is Cc1nn(C)c(C)c1C(C)(CNC(=O)c1cc(-c2ncc(F)cc2F)no1)c1cccc(Cl)n1. The molecular weight excluding hydrogens is 466 g/mol. The Morgan fingerprint density at radius 2 is 2.03 bits per heavy atom. The Bertz CT molecular complexity index is 1390. The van der Waals surface area contributed by atoms with Crippen LogP contribution in [-0.2, 0) is 12.5 Å². The van der Waals surface area contributed by atoms with Crippen molar-refractivity contribution >= 4 is 17.5 Å². The average molecular weight is 487 g/mol. The predicted octanol–water partition coefficient (Wildman–Crippen LogP) is 4.15. The molecule has 4 aromatic heterocycles. The molecule has 0 spiro atoms. The summed E-state index contributed by atoms with van der Waals surface area (Å²) in [6.45, 7) is 5.89. The van der Waals surface area contributed by atoms with Crippen LogP contribution in [0.3, 0.4) is 0 Å². The van der Waals surface area contributed by atoms with Gasteiger partial charge in [-0.2, -0.15) is 5.10 Å². The highest BCUT2D eigenvalue weighted by atomic mass is 35.5. The first-order valence-electron chi connectivity index (χ1n) is 10.3. The van der Waals surface area contributed by atoms with Crippen LogP contribution in [0.5, 0.6) is 0 Å². The van der Waals surface area contributed by atoms with Gasteiger partial charge in [0.15, 0.2) is 5.82 Å². The lowest BCUT2D eigenvalue weighted by Crippen LogP contribution is -2.41. The second-order valence-corrected chi connectivity index (χ2v) is 8.48. The monoisotopic (exact) mass is 486 g/mol. The van der Waals surface area contributed by atoms with E-state index in [0.717, 1.165) is 23.1 Å². The summed E-state index contributed by atoms with van der Waals surface area (Å²) in [6.07, 6.45) is 0.856. The van der Waals surface area contributed by atoms with Gasteiger partial charge in [-0.25, -0.2) is 18.7 Å². The van der Waals surface area contributed by atoms with E-state index in [4.69, 9.17) is 16.1 Å². The van der Waals surface area contributed by atoms with Gasteiger partial charge in [-0.05, 0) is 32.9 Å². The largest absolute Gasteiger partial charge is 0.350 e. The maximum absolute atomic E-state index is 14.0. The highest BCUT2D eigenvalue weighted by Crippen LogP contribution is 2.35. The van der Waals surface area contributed by atoms with E-state index < -0.39 is 23.0 Å². The first-order valence-corrected chi connectivity index (χ1v) is 10.7. The lowest BCUT2D eigenvalue weighted by atomic mass is 9.77. The van der Waals surface area contributed by atoms with E-state index in [2.05, 4.69) is 25.5 Å². The van der Waals surface area contributed by atoms with Crippen molar-refractivity contribution in [2.45, 2.75) is 26.2 Å². The zero-order chi connectivity index (χ0) is 24.6. The fourth-order valence-corrected chi connectivity index (χ4v) is 4.20. The highest BCUT2D eigenvalue weighted by Gasteiger charge is 2.36. The third kappa shape index (κ3) is 4.28. The Morgan fingerprint density at radius 3 is 2.68 bits per heavy atom. The van der Waals surface area contributed by atoms with Crippen molar-refractivity contribution < 1.29 is 18.1 Å². The van der Waals surface area contributed by atoms with E-state index in [1.807, 2.05) is 33.9 Å². The molecule has 8 nitrogen and oxygen atoms in total. The van der Waals surface area contributed by atoms with E-state index >= 15 is 0 Å². The van der Waals surface area contributed by atoms with Gasteiger partial charge in [0.1, 0.15) is 22.4 Å². The Labute approximate surface area is 199 Å². The summed E-state index contributed by atoms with van der Waals surface area (Å²) in [7, 11) is 1.84. The molecule has 0 aromatic carbocycles. The molecule has 0 bridgehead atoms. The normalized spacial score (nSPS) is 13.0. The summed E-state index contributed by atoms with van der Waals surface area (Å²) in [5.74, 6) is -2.46. The minimum atomic E-state index is -0.914. The molecule has 0 fully saturated rings. The van der Waals surface area contributed by atoms with Gasteiger partial charge in [0.05, 0.1) is 23.0 Å². The number of halogens is 3. The van der Waals surface area contributed by atoms with Crippen molar-refractivity contribution in [2.75, 3.05) is 6.54 Å². The van der Waals surface area contributed by atoms with Crippen molar-refractivity contribution in [1.82, 2.24) is 30.2 Å². The summed E-state index contributed by atoms with van der Waals surface area (Å²) in [5, 5.41) is 11.4.